The third kappa shape index (κ3) is 5.75. The summed E-state index contributed by atoms with van der Waals surface area (Å²) in [6.07, 6.45) is 0.794. The highest BCUT2D eigenvalue weighted by molar-refractivity contribution is 5.85. The van der Waals surface area contributed by atoms with Crippen molar-refractivity contribution in [1.29, 1.82) is 0 Å². The third-order valence-corrected chi connectivity index (χ3v) is 2.80. The van der Waals surface area contributed by atoms with E-state index in [0.717, 1.165) is 18.7 Å². The summed E-state index contributed by atoms with van der Waals surface area (Å²) in [6.45, 7) is 7.76. The van der Waals surface area contributed by atoms with E-state index < -0.39 is 5.54 Å². The van der Waals surface area contributed by atoms with Gasteiger partial charge in [-0.1, -0.05) is 25.1 Å². The first-order valence-corrected chi connectivity index (χ1v) is 6.77. The lowest BCUT2D eigenvalue weighted by Crippen LogP contribution is -2.52. The Bertz CT molecular complexity index is 377. The zero-order valence-corrected chi connectivity index (χ0v) is 12.0. The Hall–Kier alpha value is -1.55. The molecule has 1 amide bonds. The van der Waals surface area contributed by atoms with Crippen molar-refractivity contribution in [3.05, 3.63) is 30.3 Å². The number of nitrogens with one attached hydrogen (secondary N) is 2. The molecule has 0 aromatic heterocycles. The van der Waals surface area contributed by atoms with Gasteiger partial charge in [-0.25, -0.2) is 0 Å². The number of likely N-dealkylation sites (N-methyl/N-ethyl adjacent to an activating group) is 1. The molecule has 4 heteroatoms. The lowest BCUT2D eigenvalue weighted by Gasteiger charge is -2.24. The Morgan fingerprint density at radius 2 is 1.95 bits per heavy atom. The molecule has 0 heterocycles. The molecule has 0 saturated heterocycles. The van der Waals surface area contributed by atoms with E-state index in [1.165, 1.54) is 0 Å². The van der Waals surface area contributed by atoms with Crippen molar-refractivity contribution in [3.63, 3.8) is 0 Å². The summed E-state index contributed by atoms with van der Waals surface area (Å²) in [7, 11) is 0. The van der Waals surface area contributed by atoms with Gasteiger partial charge in [-0.15, -0.1) is 0 Å². The Labute approximate surface area is 115 Å². The van der Waals surface area contributed by atoms with Crippen LogP contribution in [0.25, 0.3) is 0 Å². The minimum atomic E-state index is -0.519. The van der Waals surface area contributed by atoms with Crippen molar-refractivity contribution in [3.8, 4) is 5.75 Å². The van der Waals surface area contributed by atoms with Gasteiger partial charge < -0.3 is 15.4 Å². The monoisotopic (exact) mass is 264 g/mol. The summed E-state index contributed by atoms with van der Waals surface area (Å²) in [5.41, 5.74) is -0.519. The van der Waals surface area contributed by atoms with Crippen LogP contribution in [-0.2, 0) is 4.79 Å². The summed E-state index contributed by atoms with van der Waals surface area (Å²) < 4.78 is 5.55. The van der Waals surface area contributed by atoms with Gasteiger partial charge >= 0.3 is 0 Å². The van der Waals surface area contributed by atoms with Gasteiger partial charge in [0.05, 0.1) is 12.1 Å². The average Bonchev–Trinajstić information content (AvgIpc) is 2.39. The van der Waals surface area contributed by atoms with E-state index in [4.69, 9.17) is 4.74 Å². The second-order valence-corrected chi connectivity index (χ2v) is 4.93. The maximum atomic E-state index is 11.9. The van der Waals surface area contributed by atoms with Gasteiger partial charge in [-0.05, 0) is 38.9 Å². The number of amides is 1. The van der Waals surface area contributed by atoms with E-state index in [2.05, 4.69) is 10.6 Å². The minimum Gasteiger partial charge on any atom is -0.494 e. The van der Waals surface area contributed by atoms with Crippen LogP contribution < -0.4 is 15.4 Å². The molecule has 0 spiro atoms. The molecule has 0 unspecified atom stereocenters. The van der Waals surface area contributed by atoms with Gasteiger partial charge in [-0.2, -0.15) is 0 Å². The highest BCUT2D eigenvalue weighted by Crippen LogP contribution is 2.08. The van der Waals surface area contributed by atoms with Crippen LogP contribution >= 0.6 is 0 Å². The molecular formula is C15H24N2O2. The van der Waals surface area contributed by atoms with Crippen LogP contribution in [-0.4, -0.2) is 31.1 Å². The Kier molecular flexibility index (Phi) is 6.36. The molecule has 0 aliphatic heterocycles. The number of benzene rings is 1. The van der Waals surface area contributed by atoms with E-state index in [9.17, 15) is 4.79 Å². The molecule has 0 aliphatic rings. The third-order valence-electron chi connectivity index (χ3n) is 2.80. The van der Waals surface area contributed by atoms with E-state index in [-0.39, 0.29) is 5.91 Å². The quantitative estimate of drug-likeness (QED) is 0.706. The Morgan fingerprint density at radius 3 is 2.58 bits per heavy atom. The van der Waals surface area contributed by atoms with Gasteiger partial charge in [-0.3, -0.25) is 4.79 Å². The summed E-state index contributed by atoms with van der Waals surface area (Å²) in [4.78, 5) is 11.9. The first kappa shape index (κ1) is 15.5. The lowest BCUT2D eigenvalue weighted by atomic mass is 10.0. The Morgan fingerprint density at radius 1 is 1.26 bits per heavy atom. The van der Waals surface area contributed by atoms with Crippen molar-refractivity contribution >= 4 is 5.91 Å². The van der Waals surface area contributed by atoms with Crippen LogP contribution in [0.15, 0.2) is 30.3 Å². The molecule has 1 aromatic carbocycles. The highest BCUT2D eigenvalue weighted by Gasteiger charge is 2.25. The van der Waals surface area contributed by atoms with E-state index >= 15 is 0 Å². The van der Waals surface area contributed by atoms with E-state index in [0.29, 0.717) is 13.2 Å². The van der Waals surface area contributed by atoms with Crippen LogP contribution in [0.4, 0.5) is 0 Å². The number of hydrogen-bond donors (Lipinski definition) is 2. The fourth-order valence-corrected chi connectivity index (χ4v) is 1.72. The zero-order valence-electron chi connectivity index (χ0n) is 12.0. The van der Waals surface area contributed by atoms with E-state index in [1.54, 1.807) is 0 Å². The molecule has 4 nitrogen and oxygen atoms in total. The molecule has 106 valence electrons. The molecule has 0 bridgehead atoms. The molecule has 0 atom stereocenters. The topological polar surface area (TPSA) is 50.4 Å². The number of carbonyl (C=O) groups is 1. The number of rotatable bonds is 8. The maximum absolute atomic E-state index is 11.9. The second kappa shape index (κ2) is 7.79. The molecule has 19 heavy (non-hydrogen) atoms. The number of para-hydroxylation sites is 1. The van der Waals surface area contributed by atoms with Gasteiger partial charge in [0.1, 0.15) is 5.75 Å². The molecule has 1 rings (SSSR count). The van der Waals surface area contributed by atoms with Crippen LogP contribution in [0.2, 0.25) is 0 Å². The van der Waals surface area contributed by atoms with E-state index in [1.807, 2.05) is 51.1 Å². The predicted molar refractivity (Wildman–Crippen MR) is 77.3 cm³/mol. The standard InChI is InChI=1S/C15H24N2O2/c1-4-17-15(2,3)14(18)16-11-8-12-19-13-9-6-5-7-10-13/h5-7,9-10,17H,4,8,11-12H2,1-3H3,(H,16,18). The smallest absolute Gasteiger partial charge is 0.239 e. The average molecular weight is 264 g/mol. The molecule has 0 saturated carbocycles. The SMILES string of the molecule is CCNC(C)(C)C(=O)NCCCOc1ccccc1. The van der Waals surface area contributed by atoms with Crippen molar-refractivity contribution in [2.24, 2.45) is 0 Å². The number of carbonyl (C=O) groups excluding carboxylic acids is 1. The van der Waals surface area contributed by atoms with Crippen LogP contribution in [0.1, 0.15) is 27.2 Å². The summed E-state index contributed by atoms with van der Waals surface area (Å²) in [5, 5.41) is 6.06. The largest absolute Gasteiger partial charge is 0.494 e. The Balaban J connectivity index is 2.16. The second-order valence-electron chi connectivity index (χ2n) is 4.93. The lowest BCUT2D eigenvalue weighted by molar-refractivity contribution is -0.126. The predicted octanol–water partition coefficient (Wildman–Crippen LogP) is 1.96. The molecule has 1 aromatic rings. The van der Waals surface area contributed by atoms with Gasteiger partial charge in [0, 0.05) is 6.54 Å². The summed E-state index contributed by atoms with van der Waals surface area (Å²) in [5.74, 6) is 0.885. The van der Waals surface area contributed by atoms with Crippen molar-refractivity contribution in [2.45, 2.75) is 32.7 Å². The van der Waals surface area contributed by atoms with Crippen molar-refractivity contribution < 1.29 is 9.53 Å². The summed E-state index contributed by atoms with van der Waals surface area (Å²) in [6, 6.07) is 9.68. The van der Waals surface area contributed by atoms with Crippen LogP contribution in [0, 0.1) is 0 Å². The van der Waals surface area contributed by atoms with Gasteiger partial charge in [0.2, 0.25) is 5.91 Å². The van der Waals surface area contributed by atoms with Gasteiger partial charge in [0.15, 0.2) is 0 Å². The number of hydrogen-bond acceptors (Lipinski definition) is 3. The number of ether oxygens (including phenoxy) is 1. The first-order chi connectivity index (χ1) is 9.06. The molecule has 2 N–H and O–H groups in total. The molecule has 0 fully saturated rings. The molecular weight excluding hydrogens is 240 g/mol. The van der Waals surface area contributed by atoms with Crippen molar-refractivity contribution in [1.82, 2.24) is 10.6 Å². The fraction of sp³-hybridized carbons (Fsp3) is 0.533. The maximum Gasteiger partial charge on any atom is 0.239 e. The summed E-state index contributed by atoms with van der Waals surface area (Å²) >= 11 is 0. The fourth-order valence-electron chi connectivity index (χ4n) is 1.72. The van der Waals surface area contributed by atoms with Crippen LogP contribution in [0.5, 0.6) is 5.75 Å². The van der Waals surface area contributed by atoms with Crippen LogP contribution in [0.3, 0.4) is 0 Å². The first-order valence-electron chi connectivity index (χ1n) is 6.77. The molecule has 0 aliphatic carbocycles. The minimum absolute atomic E-state index is 0.0223. The highest BCUT2D eigenvalue weighted by atomic mass is 16.5. The zero-order chi connectivity index (χ0) is 14.1. The molecule has 0 radical (unpaired) electrons. The van der Waals surface area contributed by atoms with Gasteiger partial charge in [0.25, 0.3) is 0 Å². The van der Waals surface area contributed by atoms with Crippen molar-refractivity contribution in [2.75, 3.05) is 19.7 Å². The normalized spacial score (nSPS) is 11.1.